The summed E-state index contributed by atoms with van der Waals surface area (Å²) in [7, 11) is 0. The highest BCUT2D eigenvalue weighted by atomic mass is 16.4. The van der Waals surface area contributed by atoms with Crippen LogP contribution in [0.4, 0.5) is 0 Å². The lowest BCUT2D eigenvalue weighted by Crippen LogP contribution is -2.57. The van der Waals surface area contributed by atoms with Gasteiger partial charge >= 0.3 is 11.9 Å². The third-order valence-corrected chi connectivity index (χ3v) is 4.92. The molecule has 0 heterocycles. The van der Waals surface area contributed by atoms with Crippen molar-refractivity contribution in [3.05, 3.63) is 0 Å². The van der Waals surface area contributed by atoms with Crippen LogP contribution in [-0.4, -0.2) is 82.4 Å². The number of rotatable bonds is 19. The van der Waals surface area contributed by atoms with E-state index in [2.05, 4.69) is 16.0 Å². The number of nitrogens with two attached hydrogens (primary N) is 4. The summed E-state index contributed by atoms with van der Waals surface area (Å²) in [6.07, 6.45) is -0.924. The first-order valence-electron chi connectivity index (χ1n) is 11.2. The number of aliphatic carboxylic acids is 2. The zero-order chi connectivity index (χ0) is 27.8. The number of amides is 5. The van der Waals surface area contributed by atoms with Crippen molar-refractivity contribution in [3.8, 4) is 0 Å². The largest absolute Gasteiger partial charge is 0.481 e. The quantitative estimate of drug-likeness (QED) is 0.0743. The molecule has 0 aliphatic rings. The Balaban J connectivity index is 5.52. The summed E-state index contributed by atoms with van der Waals surface area (Å²) in [5.74, 6) is -7.29. The second kappa shape index (κ2) is 16.8. The molecule has 4 atom stereocenters. The lowest BCUT2D eigenvalue weighted by atomic mass is 10.0. The highest BCUT2D eigenvalue weighted by Crippen LogP contribution is 2.06. The molecule has 36 heavy (non-hydrogen) atoms. The van der Waals surface area contributed by atoms with Gasteiger partial charge in [0, 0.05) is 12.8 Å². The molecule has 13 N–H and O–H groups in total. The van der Waals surface area contributed by atoms with E-state index in [1.165, 1.54) is 0 Å². The van der Waals surface area contributed by atoms with Crippen molar-refractivity contribution in [2.24, 2.45) is 22.9 Å². The van der Waals surface area contributed by atoms with E-state index in [1.54, 1.807) is 0 Å². The molecular weight excluding hydrogens is 482 g/mol. The smallest absolute Gasteiger partial charge is 0.326 e. The van der Waals surface area contributed by atoms with E-state index in [1.807, 2.05) is 0 Å². The minimum Gasteiger partial charge on any atom is -0.481 e. The summed E-state index contributed by atoms with van der Waals surface area (Å²) in [4.78, 5) is 82.3. The maximum absolute atomic E-state index is 12.9. The average Bonchev–Trinajstić information content (AvgIpc) is 2.77. The fourth-order valence-corrected chi connectivity index (χ4v) is 2.94. The molecule has 0 spiro atoms. The van der Waals surface area contributed by atoms with Crippen LogP contribution in [-0.2, 0) is 33.6 Å². The lowest BCUT2D eigenvalue weighted by Gasteiger charge is -2.24. The Hall–Kier alpha value is -3.79. The van der Waals surface area contributed by atoms with Gasteiger partial charge in [-0.25, -0.2) is 4.79 Å². The Morgan fingerprint density at radius 1 is 0.667 bits per heavy atom. The number of unbranched alkanes of at least 4 members (excludes halogenated alkanes) is 1. The minimum atomic E-state index is -1.71. The molecule has 0 aliphatic carbocycles. The molecule has 4 unspecified atom stereocenters. The zero-order valence-electron chi connectivity index (χ0n) is 19.7. The summed E-state index contributed by atoms with van der Waals surface area (Å²) >= 11 is 0. The second-order valence-electron chi connectivity index (χ2n) is 8.02. The molecule has 16 nitrogen and oxygen atoms in total. The fraction of sp³-hybridized carbons (Fsp3) is 0.650. The van der Waals surface area contributed by atoms with E-state index in [-0.39, 0.29) is 32.1 Å². The van der Waals surface area contributed by atoms with Gasteiger partial charge < -0.3 is 49.1 Å². The molecule has 0 bridgehead atoms. The van der Waals surface area contributed by atoms with Crippen molar-refractivity contribution in [2.45, 2.75) is 75.5 Å². The van der Waals surface area contributed by atoms with E-state index in [0.29, 0.717) is 19.4 Å². The van der Waals surface area contributed by atoms with Gasteiger partial charge in [0.05, 0.1) is 12.5 Å². The number of carbonyl (C=O) groups is 7. The maximum Gasteiger partial charge on any atom is 0.326 e. The Kier molecular flexibility index (Phi) is 15.0. The number of nitrogens with one attached hydrogen (secondary N) is 3. The molecule has 0 fully saturated rings. The van der Waals surface area contributed by atoms with Crippen LogP contribution in [0.1, 0.15) is 51.4 Å². The molecule has 5 amide bonds. The van der Waals surface area contributed by atoms with E-state index >= 15 is 0 Å². The molecule has 0 radical (unpaired) electrons. The number of carbonyl (C=O) groups excluding carboxylic acids is 5. The van der Waals surface area contributed by atoms with Crippen molar-refractivity contribution < 1.29 is 43.8 Å². The third kappa shape index (κ3) is 13.8. The van der Waals surface area contributed by atoms with Crippen LogP contribution >= 0.6 is 0 Å². The monoisotopic (exact) mass is 517 g/mol. The standard InChI is InChI=1S/C20H35N7O9/c21-8-2-1-3-11(25-17(32)10(22)4-6-14(23)28)18(33)27-13(9-16(30)31)19(34)26-12(20(35)36)5-7-15(24)29/h10-13H,1-9,21-22H2,(H2,23,28)(H2,24,29)(H,25,32)(H,26,34)(H,27,33)(H,30,31)(H,35,36). The number of primary amides is 2. The SMILES string of the molecule is NCCCCC(NC(=O)C(N)CCC(N)=O)C(=O)NC(CC(=O)O)C(=O)NC(CCC(N)=O)C(=O)O. The van der Waals surface area contributed by atoms with Gasteiger partial charge in [-0.2, -0.15) is 0 Å². The van der Waals surface area contributed by atoms with Gasteiger partial charge in [0.25, 0.3) is 0 Å². The molecule has 0 rings (SSSR count). The summed E-state index contributed by atoms with van der Waals surface area (Å²) in [5.41, 5.74) is 21.2. The molecular formula is C20H35N7O9. The zero-order valence-corrected chi connectivity index (χ0v) is 19.7. The third-order valence-electron chi connectivity index (χ3n) is 4.92. The highest BCUT2D eigenvalue weighted by molar-refractivity contribution is 5.95. The van der Waals surface area contributed by atoms with Crippen LogP contribution in [0.3, 0.4) is 0 Å². The fourth-order valence-electron chi connectivity index (χ4n) is 2.94. The Morgan fingerprint density at radius 2 is 1.17 bits per heavy atom. The molecule has 0 aromatic rings. The average molecular weight is 518 g/mol. The van der Waals surface area contributed by atoms with Crippen LogP contribution in [0.25, 0.3) is 0 Å². The van der Waals surface area contributed by atoms with E-state index in [9.17, 15) is 38.7 Å². The molecule has 0 aromatic carbocycles. The van der Waals surface area contributed by atoms with E-state index in [0.717, 1.165) is 0 Å². The van der Waals surface area contributed by atoms with Crippen molar-refractivity contribution in [1.82, 2.24) is 16.0 Å². The van der Waals surface area contributed by atoms with E-state index < -0.39 is 72.1 Å². The lowest BCUT2D eigenvalue weighted by molar-refractivity contribution is -0.144. The Bertz CT molecular complexity index is 821. The van der Waals surface area contributed by atoms with Crippen molar-refractivity contribution >= 4 is 41.5 Å². The molecule has 0 saturated carbocycles. The molecule has 16 heteroatoms. The van der Waals surface area contributed by atoms with Crippen molar-refractivity contribution in [2.75, 3.05) is 6.54 Å². The van der Waals surface area contributed by atoms with Crippen LogP contribution in [0.2, 0.25) is 0 Å². The number of carboxylic acids is 2. The minimum absolute atomic E-state index is 0.0646. The van der Waals surface area contributed by atoms with Gasteiger partial charge in [0.1, 0.15) is 18.1 Å². The predicted molar refractivity (Wildman–Crippen MR) is 123 cm³/mol. The summed E-state index contributed by atoms with van der Waals surface area (Å²) in [6.45, 7) is 0.298. The van der Waals surface area contributed by atoms with Crippen molar-refractivity contribution in [1.29, 1.82) is 0 Å². The van der Waals surface area contributed by atoms with Crippen LogP contribution in [0, 0.1) is 0 Å². The maximum atomic E-state index is 12.9. The van der Waals surface area contributed by atoms with Crippen LogP contribution in [0.5, 0.6) is 0 Å². The van der Waals surface area contributed by atoms with E-state index in [4.69, 9.17) is 28.0 Å². The van der Waals surface area contributed by atoms with Gasteiger partial charge in [-0.1, -0.05) is 0 Å². The Labute approximate surface area is 206 Å². The van der Waals surface area contributed by atoms with Gasteiger partial charge in [-0.15, -0.1) is 0 Å². The summed E-state index contributed by atoms with van der Waals surface area (Å²) in [5, 5.41) is 25.1. The van der Waals surface area contributed by atoms with Gasteiger partial charge in [0.15, 0.2) is 0 Å². The highest BCUT2D eigenvalue weighted by Gasteiger charge is 2.31. The van der Waals surface area contributed by atoms with Gasteiger partial charge in [0.2, 0.25) is 29.5 Å². The van der Waals surface area contributed by atoms with Crippen LogP contribution in [0.15, 0.2) is 0 Å². The van der Waals surface area contributed by atoms with Crippen LogP contribution < -0.4 is 38.9 Å². The van der Waals surface area contributed by atoms with Gasteiger partial charge in [-0.3, -0.25) is 28.8 Å². The second-order valence-corrected chi connectivity index (χ2v) is 8.02. The molecule has 204 valence electrons. The van der Waals surface area contributed by atoms with Gasteiger partial charge in [-0.05, 0) is 38.6 Å². The first kappa shape index (κ1) is 32.2. The summed E-state index contributed by atoms with van der Waals surface area (Å²) < 4.78 is 0. The normalized spacial score (nSPS) is 13.9. The molecule has 0 aromatic heterocycles. The Morgan fingerprint density at radius 3 is 1.67 bits per heavy atom. The number of carboxylic acid groups (broad SMARTS) is 2. The first-order chi connectivity index (χ1) is 16.8. The molecule has 0 saturated heterocycles. The number of hydrogen-bond acceptors (Lipinski definition) is 9. The number of hydrogen-bond donors (Lipinski definition) is 9. The van der Waals surface area contributed by atoms with Crippen molar-refractivity contribution in [3.63, 3.8) is 0 Å². The topological polar surface area (TPSA) is 300 Å². The predicted octanol–water partition coefficient (Wildman–Crippen LogP) is -4.01. The molecule has 0 aliphatic heterocycles. The summed E-state index contributed by atoms with van der Waals surface area (Å²) in [6, 6.07) is -5.68. The first-order valence-corrected chi connectivity index (χ1v) is 11.2.